The van der Waals surface area contributed by atoms with E-state index >= 15 is 0 Å². The molecule has 0 unspecified atom stereocenters. The van der Waals surface area contributed by atoms with Gasteiger partial charge in [0, 0.05) is 53.4 Å². The van der Waals surface area contributed by atoms with Gasteiger partial charge in [-0.25, -0.2) is 0 Å². The molecule has 3 aromatic heterocycles. The Kier molecular flexibility index (Phi) is 9.39. The number of nitrogens with zero attached hydrogens (tertiary/aromatic N) is 3. The second-order valence-electron chi connectivity index (χ2n) is 14.9. The molecule has 0 N–H and O–H groups in total. The number of fused-ring (bicyclic) bond motifs is 6. The fourth-order valence-electron chi connectivity index (χ4n) is 7.20. The molecule has 0 atom stereocenters. The molecule has 9 rings (SSSR count). The minimum Gasteiger partial charge on any atom is -0.333 e. The summed E-state index contributed by atoms with van der Waals surface area (Å²) in [6.07, 6.45) is 1.73. The maximum atomic E-state index is 14.5. The van der Waals surface area contributed by atoms with Crippen LogP contribution in [0.25, 0.3) is 70.3 Å². The fraction of sp³-hybridized carbons (Fsp3) is 0.167. The van der Waals surface area contributed by atoms with Crippen LogP contribution in [-0.2, 0) is 20.1 Å². The molecule has 0 saturated heterocycles. The van der Waals surface area contributed by atoms with Gasteiger partial charge in [-0.1, -0.05) is 142 Å². The Labute approximate surface area is 346 Å². The quantitative estimate of drug-likeness (QED) is 0.127. The van der Waals surface area contributed by atoms with Crippen molar-refractivity contribution in [2.75, 3.05) is 0 Å². The van der Waals surface area contributed by atoms with Gasteiger partial charge in [0.05, 0.1) is 24.9 Å². The Bertz CT molecular complexity index is 3000. The summed E-state index contributed by atoms with van der Waals surface area (Å²) >= 11 is 1.83. The molecule has 3 nitrogen and oxygen atoms in total. The van der Waals surface area contributed by atoms with Crippen molar-refractivity contribution in [2.24, 2.45) is 0 Å². The number of imidazole rings is 1. The van der Waals surface area contributed by atoms with Crippen LogP contribution in [0.3, 0.4) is 0 Å². The van der Waals surface area contributed by atoms with E-state index in [0.29, 0.717) is 5.69 Å². The Hall–Kier alpha value is -4.78. The molecule has 0 aliphatic heterocycles. The van der Waals surface area contributed by atoms with Crippen molar-refractivity contribution in [3.05, 3.63) is 156 Å². The van der Waals surface area contributed by atoms with Crippen molar-refractivity contribution in [1.29, 1.82) is 0 Å². The van der Waals surface area contributed by atoms with Crippen LogP contribution < -0.4 is 5.19 Å². The molecular formula is C48H42FIrN3SSi-2. The second-order valence-corrected chi connectivity index (χ2v) is 21.0. The van der Waals surface area contributed by atoms with Crippen LogP contribution in [0.1, 0.15) is 41.9 Å². The maximum Gasteiger partial charge on any atom is 0.0799 e. The molecule has 7 heteroatoms. The van der Waals surface area contributed by atoms with Crippen molar-refractivity contribution < 1.29 is 30.0 Å². The van der Waals surface area contributed by atoms with Crippen LogP contribution in [0.5, 0.6) is 0 Å². The molecule has 0 amide bonds. The topological polar surface area (TPSA) is 30.7 Å². The number of hydrogen-bond donors (Lipinski definition) is 0. The first-order chi connectivity index (χ1) is 27.5. The maximum absolute atomic E-state index is 14.5. The zero-order valence-corrected chi connectivity index (χ0v) is 35.7. The largest absolute Gasteiger partial charge is 0.333 e. The summed E-state index contributed by atoms with van der Waals surface area (Å²) < 4.78 is 49.9. The number of thiophene rings is 1. The molecule has 0 aliphatic rings. The van der Waals surface area contributed by atoms with Gasteiger partial charge < -0.3 is 9.55 Å². The third-order valence-electron chi connectivity index (χ3n) is 9.83. The third kappa shape index (κ3) is 7.23. The molecule has 0 fully saturated rings. The van der Waals surface area contributed by atoms with Gasteiger partial charge in [0.15, 0.2) is 0 Å². The summed E-state index contributed by atoms with van der Waals surface area (Å²) in [4.78, 5) is 9.58. The molecule has 0 bridgehead atoms. The minimum atomic E-state index is -2.38. The number of para-hydroxylation sites is 1. The van der Waals surface area contributed by atoms with Crippen molar-refractivity contribution in [3.63, 3.8) is 0 Å². The van der Waals surface area contributed by atoms with E-state index in [4.69, 9.17) is 10.5 Å². The van der Waals surface area contributed by atoms with Gasteiger partial charge in [-0.3, -0.25) is 9.37 Å². The smallest absolute Gasteiger partial charge is 0.0799 e. The molecule has 3 heterocycles. The standard InChI is InChI=1S/C30H19N2S.C18H23FNSi.Ir/c1-19-15-17-24(29-27(19)23-13-7-8-14-26(23)33-29)30-31-25-18-16-20-9-5-6-12-22(20)28(25)32(30)21-10-3-2-4-11-21;1-12(2)15-10-17(20-11-18(15)21(4,5)6)14-8-7-13(3)9-16(14)19;/h2-16,18H,1H3;7,9-12H,1-6H3;/q2*-1;/i;3D3,12D;. The van der Waals surface area contributed by atoms with E-state index in [1.54, 1.807) is 26.1 Å². The molecular weight excluding hydrogens is 890 g/mol. The Balaban J connectivity index is 0.000000184. The van der Waals surface area contributed by atoms with Crippen LogP contribution in [0.2, 0.25) is 19.6 Å². The van der Waals surface area contributed by atoms with Gasteiger partial charge in [-0.15, -0.1) is 41.5 Å². The second kappa shape index (κ2) is 15.4. The van der Waals surface area contributed by atoms with Crippen LogP contribution in [-0.4, -0.2) is 22.6 Å². The number of benzene rings is 6. The van der Waals surface area contributed by atoms with Crippen molar-refractivity contribution in [3.8, 4) is 28.3 Å². The number of aryl methyl sites for hydroxylation is 2. The minimum absolute atomic E-state index is 0. The third-order valence-corrected chi connectivity index (χ3v) is 13.0. The zero-order chi connectivity index (χ0) is 41.1. The van der Waals surface area contributed by atoms with Gasteiger partial charge in [0.2, 0.25) is 0 Å². The van der Waals surface area contributed by atoms with Crippen molar-refractivity contribution in [2.45, 2.75) is 53.2 Å². The number of halogens is 1. The van der Waals surface area contributed by atoms with Crippen molar-refractivity contribution >= 4 is 66.6 Å². The molecule has 9 aromatic rings. The zero-order valence-electron chi connectivity index (χ0n) is 35.5. The summed E-state index contributed by atoms with van der Waals surface area (Å²) in [6.45, 7) is 9.93. The first-order valence-electron chi connectivity index (χ1n) is 20.0. The number of rotatable bonds is 5. The molecule has 6 aromatic carbocycles. The van der Waals surface area contributed by atoms with Crippen molar-refractivity contribution in [1.82, 2.24) is 14.5 Å². The summed E-state index contributed by atoms with van der Waals surface area (Å²) in [6, 6.07) is 44.5. The van der Waals surface area contributed by atoms with E-state index in [1.165, 1.54) is 42.6 Å². The number of pyridine rings is 1. The van der Waals surface area contributed by atoms with Gasteiger partial charge in [0.1, 0.15) is 0 Å². The predicted octanol–water partition coefficient (Wildman–Crippen LogP) is 13.0. The van der Waals surface area contributed by atoms with Gasteiger partial charge >= 0.3 is 0 Å². The van der Waals surface area contributed by atoms with Crippen LogP contribution in [0.15, 0.2) is 121 Å². The average Bonchev–Trinajstić information content (AvgIpc) is 3.78. The Morgan fingerprint density at radius 3 is 2.29 bits per heavy atom. The van der Waals surface area contributed by atoms with E-state index in [1.807, 2.05) is 11.3 Å². The first kappa shape index (κ1) is 33.5. The van der Waals surface area contributed by atoms with E-state index in [0.717, 1.165) is 44.9 Å². The van der Waals surface area contributed by atoms with E-state index in [2.05, 4.69) is 145 Å². The summed E-state index contributed by atoms with van der Waals surface area (Å²) in [5.74, 6) is -0.581. The van der Waals surface area contributed by atoms with Gasteiger partial charge in [-0.05, 0) is 56.5 Å². The van der Waals surface area contributed by atoms with Crippen LogP contribution in [0, 0.1) is 31.7 Å². The first-order valence-corrected chi connectivity index (χ1v) is 22.3. The molecule has 55 heavy (non-hydrogen) atoms. The van der Waals surface area contributed by atoms with Gasteiger partial charge in [0.25, 0.3) is 0 Å². The normalized spacial score (nSPS) is 13.1. The molecule has 0 spiro atoms. The molecule has 1 radical (unpaired) electrons. The Morgan fingerprint density at radius 2 is 1.56 bits per heavy atom. The predicted molar refractivity (Wildman–Crippen MR) is 231 cm³/mol. The van der Waals surface area contributed by atoms with Crippen LogP contribution in [0.4, 0.5) is 4.39 Å². The Morgan fingerprint density at radius 1 is 0.855 bits per heavy atom. The van der Waals surface area contributed by atoms with E-state index in [9.17, 15) is 4.39 Å². The monoisotopic (exact) mass is 936 g/mol. The SMILES string of the molecule is Cc1c[c-]c(-c2nc3ccc4ccccc4c3n2-c2ccccc2)c2sc3ccccc3c12.[2H]C([2H])([2H])c1c[c-]c(-c2cc(C([2H])(C)C)c([Si](C)(C)C)cn2)c(F)c1.[Ir]. The average molecular weight is 936 g/mol. The van der Waals surface area contributed by atoms with E-state index < -0.39 is 26.6 Å². The summed E-state index contributed by atoms with van der Waals surface area (Å²) in [7, 11) is -1.72. The van der Waals surface area contributed by atoms with Gasteiger partial charge in [-0.2, -0.15) is 11.3 Å². The number of hydrogen-bond acceptors (Lipinski definition) is 3. The number of aromatic nitrogens is 3. The molecule has 0 saturated carbocycles. The molecule has 277 valence electrons. The van der Waals surface area contributed by atoms with E-state index in [-0.39, 0.29) is 31.2 Å². The van der Waals surface area contributed by atoms with Crippen LogP contribution >= 0.6 is 11.3 Å². The summed E-state index contributed by atoms with van der Waals surface area (Å²) in [5.41, 5.74) is 6.77. The fourth-order valence-corrected chi connectivity index (χ4v) is 10.1. The summed E-state index contributed by atoms with van der Waals surface area (Å²) in [5, 5.41) is 6.10. The molecule has 0 aliphatic carbocycles.